The number of carboxylic acid groups (broad SMARTS) is 1. The van der Waals surface area contributed by atoms with Gasteiger partial charge in [0.05, 0.1) is 43.3 Å². The number of esters is 2. The molecule has 2 unspecified atom stereocenters. The number of H-pyrrole nitrogens is 2. The Morgan fingerprint density at radius 3 is 2.24 bits per heavy atom. The molecular weight excluding hydrogens is 584 g/mol. The zero-order valence-electron chi connectivity index (χ0n) is 27.4. The van der Waals surface area contributed by atoms with Gasteiger partial charge in [0.25, 0.3) is 0 Å². The molecule has 5 rings (SSSR count). The number of aromatic nitrogens is 4. The first-order valence-electron chi connectivity index (χ1n) is 15.4. The second-order valence-corrected chi connectivity index (χ2v) is 11.9. The lowest BCUT2D eigenvalue weighted by Gasteiger charge is -2.18. The van der Waals surface area contributed by atoms with Gasteiger partial charge in [-0.25, -0.2) is 9.78 Å². The molecule has 5 heterocycles. The summed E-state index contributed by atoms with van der Waals surface area (Å²) in [5.41, 5.74) is 10.3. The molecule has 0 fully saturated rings. The summed E-state index contributed by atoms with van der Waals surface area (Å²) in [5, 5.41) is 10.5. The van der Waals surface area contributed by atoms with Gasteiger partial charge in [0.1, 0.15) is 0 Å². The summed E-state index contributed by atoms with van der Waals surface area (Å²) < 4.78 is 10.0. The molecule has 0 saturated heterocycles. The predicted octanol–water partition coefficient (Wildman–Crippen LogP) is 6.71. The minimum absolute atomic E-state index is 0.00198. The lowest BCUT2D eigenvalue weighted by molar-refractivity contribution is -0.141. The fourth-order valence-corrected chi connectivity index (χ4v) is 6.69. The fraction of sp³-hybridized carbons (Fsp3) is 0.361. The molecule has 0 saturated carbocycles. The van der Waals surface area contributed by atoms with E-state index in [0.717, 1.165) is 56.4 Å². The molecule has 8 bridgehead atoms. The fourth-order valence-electron chi connectivity index (χ4n) is 6.69. The highest BCUT2D eigenvalue weighted by atomic mass is 16.5. The van der Waals surface area contributed by atoms with E-state index in [9.17, 15) is 19.5 Å². The number of carbonyl (C=O) groups excluding carboxylic acids is 2. The number of fused-ring (bicyclic) bond motifs is 8. The van der Waals surface area contributed by atoms with Gasteiger partial charge in [0, 0.05) is 57.1 Å². The van der Waals surface area contributed by atoms with E-state index in [-0.39, 0.29) is 41.9 Å². The van der Waals surface area contributed by atoms with Gasteiger partial charge in [0.2, 0.25) is 0 Å². The van der Waals surface area contributed by atoms with Crippen molar-refractivity contribution in [3.8, 4) is 0 Å². The van der Waals surface area contributed by atoms with Crippen LogP contribution in [-0.2, 0) is 36.7 Å². The number of aromatic amines is 2. The van der Waals surface area contributed by atoms with Crippen molar-refractivity contribution in [1.82, 2.24) is 19.9 Å². The van der Waals surface area contributed by atoms with Crippen molar-refractivity contribution in [1.29, 1.82) is 0 Å². The summed E-state index contributed by atoms with van der Waals surface area (Å²) >= 11 is 0. The van der Waals surface area contributed by atoms with Crippen molar-refractivity contribution in [3.63, 3.8) is 0 Å². The Balaban J connectivity index is 2.01. The van der Waals surface area contributed by atoms with E-state index in [4.69, 9.17) is 19.4 Å². The van der Waals surface area contributed by atoms with Crippen LogP contribution in [0, 0.1) is 13.8 Å². The molecule has 46 heavy (non-hydrogen) atoms. The van der Waals surface area contributed by atoms with Gasteiger partial charge in [0.15, 0.2) is 0 Å². The molecule has 10 heteroatoms. The zero-order chi connectivity index (χ0) is 33.4. The Bertz CT molecular complexity index is 1980. The Kier molecular flexibility index (Phi) is 9.01. The van der Waals surface area contributed by atoms with Gasteiger partial charge in [-0.15, -0.1) is 0 Å². The maximum absolute atomic E-state index is 12.9. The minimum Gasteiger partial charge on any atom is -0.478 e. The quantitative estimate of drug-likeness (QED) is 0.234. The first kappa shape index (κ1) is 32.4. The van der Waals surface area contributed by atoms with E-state index >= 15 is 0 Å². The van der Waals surface area contributed by atoms with Crippen LogP contribution >= 0.6 is 0 Å². The van der Waals surface area contributed by atoms with Crippen LogP contribution in [0.1, 0.15) is 96.0 Å². The number of aryl methyl sites for hydroxylation is 3. The second-order valence-electron chi connectivity index (χ2n) is 11.9. The SMILES string of the molecule is C=Cc1c(C)c2cc3nc(c(CC(=O)OC)c4nc(cc5[nH]c(cc1[nH]2)c(C)c5CC)C(C)=C4C(=O)O)C(CCC(=O)OC)C3C. The van der Waals surface area contributed by atoms with Crippen molar-refractivity contribution in [3.05, 3.63) is 75.4 Å². The molecule has 0 spiro atoms. The van der Waals surface area contributed by atoms with Crippen molar-refractivity contribution in [2.24, 2.45) is 0 Å². The molecule has 0 aromatic carbocycles. The number of carboxylic acids is 1. The van der Waals surface area contributed by atoms with Gasteiger partial charge >= 0.3 is 17.9 Å². The molecular formula is C36H40N4O6. The molecule has 0 amide bonds. The monoisotopic (exact) mass is 624 g/mol. The average Bonchev–Trinajstić information content (AvgIpc) is 3.71. The van der Waals surface area contributed by atoms with Gasteiger partial charge in [-0.05, 0) is 74.1 Å². The van der Waals surface area contributed by atoms with Crippen molar-refractivity contribution < 1.29 is 29.0 Å². The molecule has 0 radical (unpaired) electrons. The topological polar surface area (TPSA) is 147 Å². The Labute approximate surface area is 267 Å². The van der Waals surface area contributed by atoms with Crippen molar-refractivity contribution in [2.45, 2.75) is 72.1 Å². The third-order valence-corrected chi connectivity index (χ3v) is 9.38. The van der Waals surface area contributed by atoms with Gasteiger partial charge in [-0.3, -0.25) is 14.6 Å². The lowest BCUT2D eigenvalue weighted by Crippen LogP contribution is -2.14. The molecule has 10 nitrogen and oxygen atoms in total. The zero-order valence-corrected chi connectivity index (χ0v) is 27.4. The van der Waals surface area contributed by atoms with Crippen molar-refractivity contribution >= 4 is 57.2 Å². The molecule has 0 aliphatic carbocycles. The van der Waals surface area contributed by atoms with Crippen LogP contribution in [0.25, 0.3) is 39.3 Å². The van der Waals surface area contributed by atoms with E-state index in [2.05, 4.69) is 36.5 Å². The average molecular weight is 625 g/mol. The molecule has 240 valence electrons. The van der Waals surface area contributed by atoms with E-state index in [1.54, 1.807) is 6.92 Å². The summed E-state index contributed by atoms with van der Waals surface area (Å²) in [6, 6.07) is 5.92. The summed E-state index contributed by atoms with van der Waals surface area (Å²) in [6.07, 6.45) is 2.83. The number of nitrogens with one attached hydrogen (secondary N) is 2. The maximum Gasteiger partial charge on any atom is 0.338 e. The summed E-state index contributed by atoms with van der Waals surface area (Å²) in [4.78, 5) is 55.1. The smallest absolute Gasteiger partial charge is 0.338 e. The Morgan fingerprint density at radius 1 is 0.935 bits per heavy atom. The van der Waals surface area contributed by atoms with E-state index in [0.29, 0.717) is 28.9 Å². The Hall–Kier alpha value is -4.99. The van der Waals surface area contributed by atoms with E-state index in [1.165, 1.54) is 14.2 Å². The number of methoxy groups -OCH3 is 2. The summed E-state index contributed by atoms with van der Waals surface area (Å²) in [7, 11) is 2.63. The standard InChI is InChI=1S/C36H40N4O6/c1-9-21-17(3)25-14-27-19(5)23(11-12-31(41)45-7)34(39-27)24(13-32(42)46-8)35-33(36(43)44)20(6)28(40-35)16-30-22(10-2)18(4)26(38-30)15-29(21)37-25/h9,14-16,19,23,37-38H,1,10-13H2,2-8H3,(H,43,44). The number of ether oxygens (including phenoxy) is 2. The normalized spacial score (nSPS) is 16.0. The first-order chi connectivity index (χ1) is 21.9. The van der Waals surface area contributed by atoms with Crippen LogP contribution in [0.2, 0.25) is 0 Å². The first-order valence-corrected chi connectivity index (χ1v) is 15.4. The van der Waals surface area contributed by atoms with E-state index in [1.807, 2.05) is 32.1 Å². The highest BCUT2D eigenvalue weighted by Gasteiger charge is 2.35. The molecule has 2 aliphatic heterocycles. The summed E-state index contributed by atoms with van der Waals surface area (Å²) in [5.74, 6) is -2.59. The minimum atomic E-state index is -1.16. The second kappa shape index (κ2) is 12.8. The number of hydrogen-bond acceptors (Lipinski definition) is 7. The maximum atomic E-state index is 12.9. The van der Waals surface area contributed by atoms with Crippen LogP contribution in [0.4, 0.5) is 0 Å². The third kappa shape index (κ3) is 5.63. The Morgan fingerprint density at radius 2 is 1.61 bits per heavy atom. The highest BCUT2D eigenvalue weighted by Crippen LogP contribution is 2.44. The number of rotatable bonds is 8. The molecule has 3 aromatic heterocycles. The van der Waals surface area contributed by atoms with Gasteiger partial charge in [-0.2, -0.15) is 0 Å². The summed E-state index contributed by atoms with van der Waals surface area (Å²) in [6.45, 7) is 14.0. The van der Waals surface area contributed by atoms with E-state index < -0.39 is 11.9 Å². The molecule has 2 aliphatic rings. The number of nitrogens with zero attached hydrogens (tertiary/aromatic N) is 2. The van der Waals surface area contributed by atoms with Crippen LogP contribution in [0.5, 0.6) is 0 Å². The van der Waals surface area contributed by atoms with Crippen LogP contribution in [0.3, 0.4) is 0 Å². The number of aliphatic carboxylic acids is 1. The molecule has 3 aromatic rings. The van der Waals surface area contributed by atoms with Crippen molar-refractivity contribution in [2.75, 3.05) is 14.2 Å². The van der Waals surface area contributed by atoms with Crippen LogP contribution < -0.4 is 0 Å². The number of allylic oxidation sites excluding steroid dienone is 1. The molecule has 2 atom stereocenters. The number of hydrogen-bond donors (Lipinski definition) is 3. The predicted molar refractivity (Wildman–Crippen MR) is 178 cm³/mol. The van der Waals surface area contributed by atoms with Gasteiger partial charge in [-0.1, -0.05) is 26.5 Å². The van der Waals surface area contributed by atoms with Crippen LogP contribution in [0.15, 0.2) is 24.8 Å². The number of carbonyl (C=O) groups is 3. The highest BCUT2D eigenvalue weighted by molar-refractivity contribution is 6.24. The lowest BCUT2D eigenvalue weighted by atomic mass is 9.84. The van der Waals surface area contributed by atoms with Crippen LogP contribution in [-0.4, -0.2) is 57.2 Å². The van der Waals surface area contributed by atoms with Gasteiger partial charge < -0.3 is 24.5 Å². The third-order valence-electron chi connectivity index (χ3n) is 9.38. The largest absolute Gasteiger partial charge is 0.478 e. The molecule has 3 N–H and O–H groups in total.